The maximum atomic E-state index is 12.7. The normalized spacial score (nSPS) is 19.2. The summed E-state index contributed by atoms with van der Waals surface area (Å²) in [5.41, 5.74) is 5.34. The summed E-state index contributed by atoms with van der Waals surface area (Å²) >= 11 is 0. The van der Waals surface area contributed by atoms with Crippen LogP contribution in [-0.4, -0.2) is 88.1 Å². The number of allylic oxidation sites excluding steroid dienone is 5. The molecule has 0 aromatic heterocycles. The van der Waals surface area contributed by atoms with Crippen LogP contribution in [0.5, 0.6) is 0 Å². The Bertz CT molecular complexity index is 1370. The Morgan fingerprint density at radius 2 is 1.29 bits per heavy atom. The van der Waals surface area contributed by atoms with Crippen molar-refractivity contribution in [2.45, 2.75) is 212 Å². The van der Waals surface area contributed by atoms with Gasteiger partial charge in [0.2, 0.25) is 0 Å². The lowest BCUT2D eigenvalue weighted by Crippen LogP contribution is -2.34. The maximum absolute atomic E-state index is 12.7. The van der Waals surface area contributed by atoms with E-state index < -0.39 is 75.8 Å². The minimum absolute atomic E-state index is 0.0171. The number of carbonyl (C=O) groups is 4. The van der Waals surface area contributed by atoms with E-state index in [1.165, 1.54) is 51.4 Å². The smallest absolute Gasteiger partial charge is 0.472 e. The third-order valence-corrected chi connectivity index (χ3v) is 12.2. The number of carboxylic acid groups (broad SMARTS) is 1. The standard InChI is InChI=1S/C48H84NO13P/c1-3-5-7-8-9-10-11-12-13-14-15-16-17-18-19-20-21-22-28-32-47(54)62-40(37-60-63(57,58)61-38-43(49)48(55)56)36-59-46(53)31-27-24-23-26-30-41-42(45(52)35-44(41)51)34-33-39(50)29-25-6-4-2/h9-10,12-13,33-34,39-44,50-51H,3-8,11,14-32,35-38,49H2,1-2H3,(H,55,56)(H,57,58)/b10-9-,13-12-,34-33+/t39-,40+,41+,42+,43-,44-/m0/s1. The van der Waals surface area contributed by atoms with E-state index in [0.717, 1.165) is 70.6 Å². The molecule has 6 N–H and O–H groups in total. The quantitative estimate of drug-likeness (QED) is 0.0166. The number of unbranched alkanes of at least 4 members (excludes halogenated alkanes) is 17. The van der Waals surface area contributed by atoms with Gasteiger partial charge in [-0.15, -0.1) is 0 Å². The summed E-state index contributed by atoms with van der Waals surface area (Å²) in [5, 5.41) is 29.7. The molecular formula is C48H84NO13P. The van der Waals surface area contributed by atoms with Crippen LogP contribution in [0.2, 0.25) is 0 Å². The zero-order chi connectivity index (χ0) is 46.6. The number of phosphoric ester groups is 1. The van der Waals surface area contributed by atoms with Crippen LogP contribution >= 0.6 is 7.82 Å². The van der Waals surface area contributed by atoms with Crippen molar-refractivity contribution in [1.82, 2.24) is 0 Å². The van der Waals surface area contributed by atoms with Crippen molar-refractivity contribution in [3.63, 3.8) is 0 Å². The van der Waals surface area contributed by atoms with Crippen molar-refractivity contribution in [2.24, 2.45) is 17.6 Å². The summed E-state index contributed by atoms with van der Waals surface area (Å²) in [6.45, 7) is 2.45. The lowest BCUT2D eigenvalue weighted by molar-refractivity contribution is -0.161. The Balaban J connectivity index is 2.41. The molecule has 0 aromatic carbocycles. The summed E-state index contributed by atoms with van der Waals surface area (Å²) in [5.74, 6) is -3.21. The number of aliphatic hydroxyl groups is 2. The molecule has 1 saturated carbocycles. The highest BCUT2D eigenvalue weighted by atomic mass is 31.2. The molecule has 0 heterocycles. The van der Waals surface area contributed by atoms with E-state index in [9.17, 15) is 38.8 Å². The summed E-state index contributed by atoms with van der Waals surface area (Å²) in [4.78, 5) is 58.9. The highest BCUT2D eigenvalue weighted by Gasteiger charge is 2.39. The lowest BCUT2D eigenvalue weighted by Gasteiger charge is -2.20. The Morgan fingerprint density at radius 3 is 1.90 bits per heavy atom. The molecule has 7 atom stereocenters. The van der Waals surface area contributed by atoms with Gasteiger partial charge in [-0.3, -0.25) is 28.2 Å². The highest BCUT2D eigenvalue weighted by Crippen LogP contribution is 2.43. The molecule has 1 rings (SSSR count). The number of aliphatic hydroxyl groups excluding tert-OH is 2. The summed E-state index contributed by atoms with van der Waals surface area (Å²) in [7, 11) is -4.78. The van der Waals surface area contributed by atoms with Gasteiger partial charge < -0.3 is 35.4 Å². The van der Waals surface area contributed by atoms with Gasteiger partial charge in [0.15, 0.2) is 6.10 Å². The van der Waals surface area contributed by atoms with E-state index in [0.29, 0.717) is 32.1 Å². The number of carbonyl (C=O) groups excluding carboxylic acids is 3. The first-order valence-corrected chi connectivity index (χ1v) is 25.6. The molecular weight excluding hydrogens is 829 g/mol. The van der Waals surface area contributed by atoms with Gasteiger partial charge in [0, 0.05) is 25.2 Å². The molecule has 0 amide bonds. The van der Waals surface area contributed by atoms with Crippen molar-refractivity contribution in [1.29, 1.82) is 0 Å². The molecule has 0 bridgehead atoms. The maximum Gasteiger partial charge on any atom is 0.472 e. The molecule has 364 valence electrons. The minimum Gasteiger partial charge on any atom is -0.480 e. The Hall–Kier alpha value is -2.71. The number of Topliss-reactive ketones (excluding diaryl/α,β-unsaturated/α-hetero) is 1. The fraction of sp³-hybridized carbons (Fsp3) is 0.792. The highest BCUT2D eigenvalue weighted by molar-refractivity contribution is 7.47. The molecule has 0 spiro atoms. The van der Waals surface area contributed by atoms with E-state index in [1.807, 2.05) is 0 Å². The number of hydrogen-bond donors (Lipinski definition) is 5. The second-order valence-corrected chi connectivity index (χ2v) is 18.5. The third kappa shape index (κ3) is 31.7. The van der Waals surface area contributed by atoms with Crippen molar-refractivity contribution in [2.75, 3.05) is 19.8 Å². The topological polar surface area (TPSA) is 229 Å². The monoisotopic (exact) mass is 914 g/mol. The van der Waals surface area contributed by atoms with Crippen LogP contribution in [0.1, 0.15) is 187 Å². The fourth-order valence-corrected chi connectivity index (χ4v) is 8.19. The molecule has 1 unspecified atom stereocenters. The summed E-state index contributed by atoms with van der Waals surface area (Å²) < 4.78 is 32.8. The first kappa shape index (κ1) is 58.3. The van der Waals surface area contributed by atoms with Crippen molar-refractivity contribution < 1.29 is 62.5 Å². The van der Waals surface area contributed by atoms with Crippen LogP contribution in [0, 0.1) is 11.8 Å². The molecule has 0 aromatic rings. The number of hydrogen-bond acceptors (Lipinski definition) is 12. The van der Waals surface area contributed by atoms with E-state index in [-0.39, 0.29) is 31.0 Å². The molecule has 15 heteroatoms. The summed E-state index contributed by atoms with van der Waals surface area (Å²) in [6, 6.07) is -1.56. The number of carboxylic acids is 1. The second kappa shape index (κ2) is 37.5. The van der Waals surface area contributed by atoms with Crippen molar-refractivity contribution in [3.8, 4) is 0 Å². The third-order valence-electron chi connectivity index (χ3n) is 11.3. The number of nitrogens with two attached hydrogens (primary N) is 1. The van der Waals surface area contributed by atoms with E-state index in [4.69, 9.17) is 24.8 Å². The average Bonchev–Trinajstić information content (AvgIpc) is 3.52. The van der Waals surface area contributed by atoms with E-state index >= 15 is 0 Å². The number of phosphoric acid groups is 1. The van der Waals surface area contributed by atoms with Gasteiger partial charge in [0.25, 0.3) is 0 Å². The largest absolute Gasteiger partial charge is 0.480 e. The Morgan fingerprint density at radius 1 is 0.746 bits per heavy atom. The van der Waals surface area contributed by atoms with Gasteiger partial charge in [-0.05, 0) is 63.7 Å². The van der Waals surface area contributed by atoms with Gasteiger partial charge in [-0.1, -0.05) is 147 Å². The minimum atomic E-state index is -4.78. The van der Waals surface area contributed by atoms with Gasteiger partial charge in [-0.2, -0.15) is 0 Å². The Labute approximate surface area is 378 Å². The van der Waals surface area contributed by atoms with Gasteiger partial charge in [-0.25, -0.2) is 4.57 Å². The fourth-order valence-electron chi connectivity index (χ4n) is 7.41. The van der Waals surface area contributed by atoms with Gasteiger partial charge in [0.1, 0.15) is 18.4 Å². The zero-order valence-corrected chi connectivity index (χ0v) is 39.5. The molecule has 0 saturated heterocycles. The number of esters is 2. The second-order valence-electron chi connectivity index (χ2n) is 17.0. The zero-order valence-electron chi connectivity index (χ0n) is 38.6. The van der Waals surface area contributed by atoms with Crippen LogP contribution in [0.4, 0.5) is 0 Å². The number of rotatable bonds is 41. The number of aliphatic carboxylic acids is 1. The van der Waals surface area contributed by atoms with Crippen LogP contribution in [0.3, 0.4) is 0 Å². The van der Waals surface area contributed by atoms with Crippen LogP contribution < -0.4 is 5.73 Å². The predicted molar refractivity (Wildman–Crippen MR) is 246 cm³/mol. The molecule has 1 fully saturated rings. The van der Waals surface area contributed by atoms with Gasteiger partial charge in [0.05, 0.1) is 25.4 Å². The van der Waals surface area contributed by atoms with Gasteiger partial charge >= 0.3 is 25.7 Å². The van der Waals surface area contributed by atoms with Crippen LogP contribution in [-0.2, 0) is 42.3 Å². The molecule has 1 aliphatic rings. The Kier molecular flexibility index (Phi) is 34.7. The first-order valence-electron chi connectivity index (χ1n) is 24.1. The molecule has 0 radical (unpaired) electrons. The van der Waals surface area contributed by atoms with Crippen molar-refractivity contribution in [3.05, 3.63) is 36.5 Å². The van der Waals surface area contributed by atoms with E-state index in [1.54, 1.807) is 12.2 Å². The lowest BCUT2D eigenvalue weighted by atomic mass is 9.88. The molecule has 1 aliphatic carbocycles. The predicted octanol–water partition coefficient (Wildman–Crippen LogP) is 9.76. The summed E-state index contributed by atoms with van der Waals surface area (Å²) in [6.07, 6.45) is 33.9. The van der Waals surface area contributed by atoms with Crippen molar-refractivity contribution >= 4 is 31.5 Å². The van der Waals surface area contributed by atoms with Crippen LogP contribution in [0.25, 0.3) is 0 Å². The number of ether oxygens (including phenoxy) is 2. The SMILES string of the molecule is CCCCC/C=C\C/C=C\CCCCCCCCCCCC(=O)O[C@H](COC(=O)CCCCCC[C@H]1[C@@H](O)CC(=O)[C@@H]1/C=C/[C@@H](O)CCCCC)COP(=O)(O)OC[C@H](N)C(=O)O. The van der Waals surface area contributed by atoms with E-state index in [2.05, 4.69) is 42.7 Å². The first-order chi connectivity index (χ1) is 30.3. The molecule has 63 heavy (non-hydrogen) atoms. The molecule has 0 aliphatic heterocycles. The number of ketones is 1. The molecule has 14 nitrogen and oxygen atoms in total. The van der Waals surface area contributed by atoms with Crippen LogP contribution in [0.15, 0.2) is 36.5 Å². The average molecular weight is 914 g/mol.